The van der Waals surface area contributed by atoms with E-state index in [9.17, 15) is 9.59 Å². The molecule has 1 atom stereocenters. The first-order valence-corrected chi connectivity index (χ1v) is 8.85. The Balaban J connectivity index is 1.65. The molecule has 3 rings (SSSR count). The smallest absolute Gasteiger partial charge is 0.308 e. The lowest BCUT2D eigenvalue weighted by Gasteiger charge is -2.17. The topological polar surface area (TPSA) is 66.8 Å². The SMILES string of the molecule is O=C(O)C1CC(=O)N(Cc2cccc(OCc3c(Cl)cccc3Cl)c2)C1. The number of carbonyl (C=O) groups excluding carboxylic acids is 1. The van der Waals surface area contributed by atoms with Gasteiger partial charge in [0.2, 0.25) is 5.91 Å². The average Bonchev–Trinajstić information content (AvgIpc) is 2.96. The van der Waals surface area contributed by atoms with Gasteiger partial charge in [0.15, 0.2) is 0 Å². The second-order valence-electron chi connectivity index (χ2n) is 6.15. The molecule has 1 saturated heterocycles. The number of hydrogen-bond donors (Lipinski definition) is 1. The van der Waals surface area contributed by atoms with Crippen LogP contribution in [0.1, 0.15) is 17.5 Å². The first-order valence-electron chi connectivity index (χ1n) is 8.09. The van der Waals surface area contributed by atoms with Gasteiger partial charge in [-0.3, -0.25) is 9.59 Å². The van der Waals surface area contributed by atoms with Crippen molar-refractivity contribution < 1.29 is 19.4 Å². The summed E-state index contributed by atoms with van der Waals surface area (Å²) < 4.78 is 5.78. The van der Waals surface area contributed by atoms with E-state index in [1.54, 1.807) is 29.2 Å². The van der Waals surface area contributed by atoms with Gasteiger partial charge in [0.05, 0.1) is 5.92 Å². The highest BCUT2D eigenvalue weighted by molar-refractivity contribution is 6.35. The summed E-state index contributed by atoms with van der Waals surface area (Å²) >= 11 is 12.3. The molecular weight excluding hydrogens is 377 g/mol. The average molecular weight is 394 g/mol. The van der Waals surface area contributed by atoms with E-state index in [0.29, 0.717) is 27.9 Å². The molecule has 0 aromatic heterocycles. The number of carboxylic acid groups (broad SMARTS) is 1. The minimum absolute atomic E-state index is 0.0521. The van der Waals surface area contributed by atoms with Gasteiger partial charge >= 0.3 is 5.97 Å². The van der Waals surface area contributed by atoms with Crippen molar-refractivity contribution in [2.45, 2.75) is 19.6 Å². The molecule has 136 valence electrons. The fourth-order valence-corrected chi connectivity index (χ4v) is 3.38. The van der Waals surface area contributed by atoms with Crippen molar-refractivity contribution in [3.05, 3.63) is 63.6 Å². The van der Waals surface area contributed by atoms with Crippen molar-refractivity contribution in [3.63, 3.8) is 0 Å². The van der Waals surface area contributed by atoms with Gasteiger partial charge in [0.25, 0.3) is 0 Å². The summed E-state index contributed by atoms with van der Waals surface area (Å²) in [5.74, 6) is -1.09. The molecule has 0 aliphatic carbocycles. The van der Waals surface area contributed by atoms with Gasteiger partial charge in [0, 0.05) is 35.1 Å². The zero-order chi connectivity index (χ0) is 18.7. The quantitative estimate of drug-likeness (QED) is 0.804. The van der Waals surface area contributed by atoms with E-state index in [1.807, 2.05) is 18.2 Å². The molecule has 1 aliphatic heterocycles. The number of amides is 1. The van der Waals surface area contributed by atoms with Crippen molar-refractivity contribution in [2.24, 2.45) is 5.92 Å². The molecule has 5 nitrogen and oxygen atoms in total. The second kappa shape index (κ2) is 7.98. The second-order valence-corrected chi connectivity index (χ2v) is 6.96. The number of carbonyl (C=O) groups is 2. The van der Waals surface area contributed by atoms with Crippen LogP contribution in [0, 0.1) is 5.92 Å². The molecule has 7 heteroatoms. The third kappa shape index (κ3) is 4.29. The maximum Gasteiger partial charge on any atom is 0.308 e. The number of aliphatic carboxylic acids is 1. The zero-order valence-electron chi connectivity index (χ0n) is 13.8. The number of hydrogen-bond acceptors (Lipinski definition) is 3. The Morgan fingerprint density at radius 3 is 2.54 bits per heavy atom. The van der Waals surface area contributed by atoms with Crippen molar-refractivity contribution in [2.75, 3.05) is 6.54 Å². The molecule has 2 aromatic carbocycles. The predicted octanol–water partition coefficient (Wildman–Crippen LogP) is 4.01. The fourth-order valence-electron chi connectivity index (χ4n) is 2.87. The lowest BCUT2D eigenvalue weighted by Crippen LogP contribution is -2.25. The van der Waals surface area contributed by atoms with Crippen LogP contribution in [0.4, 0.5) is 0 Å². The lowest BCUT2D eigenvalue weighted by molar-refractivity contribution is -0.141. The van der Waals surface area contributed by atoms with Gasteiger partial charge in [-0.05, 0) is 29.8 Å². The summed E-state index contributed by atoms with van der Waals surface area (Å²) in [5, 5.41) is 10.1. The van der Waals surface area contributed by atoms with Gasteiger partial charge in [-0.15, -0.1) is 0 Å². The number of benzene rings is 2. The number of halogens is 2. The summed E-state index contributed by atoms with van der Waals surface area (Å²) in [7, 11) is 0. The zero-order valence-corrected chi connectivity index (χ0v) is 15.3. The van der Waals surface area contributed by atoms with Crippen LogP contribution < -0.4 is 4.74 Å². The van der Waals surface area contributed by atoms with E-state index in [1.165, 1.54) is 0 Å². The van der Waals surface area contributed by atoms with Gasteiger partial charge in [-0.25, -0.2) is 0 Å². The Bertz CT molecular complexity index is 820. The number of carboxylic acids is 1. The van der Waals surface area contributed by atoms with Gasteiger partial charge in [-0.2, -0.15) is 0 Å². The summed E-state index contributed by atoms with van der Waals surface area (Å²) in [6.07, 6.45) is 0.0521. The van der Waals surface area contributed by atoms with Crippen molar-refractivity contribution in [1.29, 1.82) is 0 Å². The molecule has 1 N–H and O–H groups in total. The van der Waals surface area contributed by atoms with E-state index >= 15 is 0 Å². The summed E-state index contributed by atoms with van der Waals surface area (Å²) in [5.41, 5.74) is 1.58. The van der Waals surface area contributed by atoms with Gasteiger partial charge in [0.1, 0.15) is 12.4 Å². The molecule has 26 heavy (non-hydrogen) atoms. The third-order valence-corrected chi connectivity index (χ3v) is 4.99. The molecular formula is C19H17Cl2NO4. The Morgan fingerprint density at radius 1 is 1.19 bits per heavy atom. The van der Waals surface area contributed by atoms with Gasteiger partial charge < -0.3 is 14.7 Å². The molecule has 0 spiro atoms. The summed E-state index contributed by atoms with van der Waals surface area (Å²) in [4.78, 5) is 24.6. The first kappa shape index (κ1) is 18.5. The van der Waals surface area contributed by atoms with Crippen LogP contribution in [0.5, 0.6) is 5.75 Å². The summed E-state index contributed by atoms with van der Waals surface area (Å²) in [6.45, 7) is 0.812. The molecule has 0 saturated carbocycles. The van der Waals surface area contributed by atoms with E-state index in [-0.39, 0.29) is 25.5 Å². The molecule has 2 aromatic rings. The monoisotopic (exact) mass is 393 g/mol. The maximum absolute atomic E-state index is 12.0. The fraction of sp³-hybridized carbons (Fsp3) is 0.263. The van der Waals surface area contributed by atoms with Crippen LogP contribution in [-0.4, -0.2) is 28.4 Å². The first-order chi connectivity index (χ1) is 12.4. The Kier molecular flexibility index (Phi) is 5.69. The van der Waals surface area contributed by atoms with E-state index in [2.05, 4.69) is 0 Å². The Morgan fingerprint density at radius 2 is 1.88 bits per heavy atom. The standard InChI is InChI=1S/C19H17Cl2NO4/c20-16-5-2-6-17(21)15(16)11-26-14-4-1-3-12(7-14)9-22-10-13(19(24)25)8-18(22)23/h1-7,13H,8-11H2,(H,24,25). The van der Waals surface area contributed by atoms with E-state index in [4.69, 9.17) is 33.0 Å². The number of ether oxygens (including phenoxy) is 1. The molecule has 1 amide bonds. The van der Waals surface area contributed by atoms with Crippen molar-refractivity contribution in [1.82, 2.24) is 4.90 Å². The van der Waals surface area contributed by atoms with Crippen LogP contribution in [0.2, 0.25) is 10.0 Å². The third-order valence-electron chi connectivity index (χ3n) is 4.28. The van der Waals surface area contributed by atoms with Crippen LogP contribution >= 0.6 is 23.2 Å². The minimum Gasteiger partial charge on any atom is -0.489 e. The van der Waals surface area contributed by atoms with Gasteiger partial charge in [-0.1, -0.05) is 41.4 Å². The normalized spacial score (nSPS) is 16.8. The Labute approximate surface area is 161 Å². The van der Waals surface area contributed by atoms with Crippen LogP contribution in [-0.2, 0) is 22.7 Å². The van der Waals surface area contributed by atoms with Crippen LogP contribution in [0.3, 0.4) is 0 Å². The minimum atomic E-state index is -0.936. The van der Waals surface area contributed by atoms with E-state index in [0.717, 1.165) is 5.56 Å². The molecule has 1 fully saturated rings. The number of nitrogens with zero attached hydrogens (tertiary/aromatic N) is 1. The molecule has 1 unspecified atom stereocenters. The number of rotatable bonds is 6. The van der Waals surface area contributed by atoms with Crippen LogP contribution in [0.25, 0.3) is 0 Å². The lowest BCUT2D eigenvalue weighted by atomic mass is 10.1. The highest BCUT2D eigenvalue weighted by atomic mass is 35.5. The van der Waals surface area contributed by atoms with E-state index < -0.39 is 11.9 Å². The molecule has 0 radical (unpaired) electrons. The van der Waals surface area contributed by atoms with Crippen LogP contribution in [0.15, 0.2) is 42.5 Å². The maximum atomic E-state index is 12.0. The molecule has 1 heterocycles. The largest absolute Gasteiger partial charge is 0.489 e. The number of likely N-dealkylation sites (tertiary alicyclic amines) is 1. The van der Waals surface area contributed by atoms with Crippen molar-refractivity contribution in [3.8, 4) is 5.75 Å². The molecule has 1 aliphatic rings. The predicted molar refractivity (Wildman–Crippen MR) is 98.4 cm³/mol. The Hall–Kier alpha value is -2.24. The highest BCUT2D eigenvalue weighted by Gasteiger charge is 2.34. The summed E-state index contributed by atoms with van der Waals surface area (Å²) in [6, 6.07) is 12.6. The highest BCUT2D eigenvalue weighted by Crippen LogP contribution is 2.27. The van der Waals surface area contributed by atoms with Crippen molar-refractivity contribution >= 4 is 35.1 Å². The molecule has 0 bridgehead atoms.